The number of hydrogen-bond donors (Lipinski definition) is 1. The monoisotopic (exact) mass is 330 g/mol. The largest absolute Gasteiger partial charge is 0.393 e. The van der Waals surface area contributed by atoms with E-state index >= 15 is 0 Å². The zero-order valence-corrected chi connectivity index (χ0v) is 15.7. The summed E-state index contributed by atoms with van der Waals surface area (Å²) in [6.45, 7) is 6.95. The molecule has 24 heavy (non-hydrogen) atoms. The number of rotatable bonds is 2. The molecular weight excluding hydrogens is 296 g/mol. The van der Waals surface area contributed by atoms with Crippen LogP contribution in [-0.4, -0.2) is 17.0 Å². The summed E-state index contributed by atoms with van der Waals surface area (Å²) in [4.78, 5) is 12.5. The first-order valence-electron chi connectivity index (χ1n) is 10.3. The van der Waals surface area contributed by atoms with Gasteiger partial charge in [-0.2, -0.15) is 0 Å². The third-order valence-electron chi connectivity index (χ3n) is 8.82. The van der Waals surface area contributed by atoms with Gasteiger partial charge in [0.2, 0.25) is 0 Å². The van der Waals surface area contributed by atoms with Crippen molar-refractivity contribution in [3.63, 3.8) is 0 Å². The molecule has 0 unspecified atom stereocenters. The molecule has 0 bridgehead atoms. The van der Waals surface area contributed by atoms with Crippen LogP contribution >= 0.6 is 0 Å². The number of carbonyl (C=O) groups is 1. The third-order valence-corrected chi connectivity index (χ3v) is 8.82. The summed E-state index contributed by atoms with van der Waals surface area (Å²) in [7, 11) is 0. The van der Waals surface area contributed by atoms with Crippen molar-refractivity contribution in [2.24, 2.45) is 34.5 Å². The Bertz CT molecular complexity index is 564. The number of ketones is 1. The molecule has 0 aromatic rings. The minimum Gasteiger partial charge on any atom is -0.393 e. The molecule has 2 heteroatoms. The number of aliphatic hydroxyl groups is 1. The molecule has 0 amide bonds. The molecule has 0 heterocycles. The van der Waals surface area contributed by atoms with E-state index in [2.05, 4.69) is 19.9 Å². The van der Waals surface area contributed by atoms with E-state index in [0.29, 0.717) is 23.5 Å². The average Bonchev–Trinajstić information content (AvgIpc) is 2.92. The zero-order valence-electron chi connectivity index (χ0n) is 15.7. The van der Waals surface area contributed by atoms with Crippen LogP contribution < -0.4 is 0 Å². The third kappa shape index (κ3) is 2.21. The van der Waals surface area contributed by atoms with Crippen molar-refractivity contribution in [1.82, 2.24) is 0 Å². The van der Waals surface area contributed by atoms with Crippen LogP contribution in [0.1, 0.15) is 78.6 Å². The predicted molar refractivity (Wildman–Crippen MR) is 96.5 cm³/mol. The molecule has 3 fully saturated rings. The van der Waals surface area contributed by atoms with E-state index in [4.69, 9.17) is 0 Å². The van der Waals surface area contributed by atoms with Crippen molar-refractivity contribution in [1.29, 1.82) is 0 Å². The van der Waals surface area contributed by atoms with Gasteiger partial charge < -0.3 is 5.11 Å². The van der Waals surface area contributed by atoms with E-state index in [0.717, 1.165) is 43.4 Å². The zero-order chi connectivity index (χ0) is 17.1. The van der Waals surface area contributed by atoms with Gasteiger partial charge in [-0.05, 0) is 80.0 Å². The summed E-state index contributed by atoms with van der Waals surface area (Å²) < 4.78 is 0. The Kier molecular flexibility index (Phi) is 3.99. The van der Waals surface area contributed by atoms with Crippen LogP contribution in [0.5, 0.6) is 0 Å². The Hall–Kier alpha value is -0.630. The minimum atomic E-state index is -0.118. The van der Waals surface area contributed by atoms with Gasteiger partial charge in [-0.1, -0.05) is 32.4 Å². The van der Waals surface area contributed by atoms with E-state index in [1.165, 1.54) is 25.7 Å². The SMILES string of the molecule is CCC(=O)[C@H]1CC[C@H]2[C@@H]3CC=C4C[C@@H](O)CC[C@]4(C)[C@H]3CC[C@]12C. The number of carbonyl (C=O) groups excluding carboxylic acids is 1. The molecule has 0 saturated heterocycles. The van der Waals surface area contributed by atoms with Crippen molar-refractivity contribution in [2.75, 3.05) is 0 Å². The number of hydrogen-bond acceptors (Lipinski definition) is 2. The molecule has 0 spiro atoms. The Morgan fingerprint density at radius 1 is 1.17 bits per heavy atom. The molecule has 0 aromatic carbocycles. The van der Waals surface area contributed by atoms with Gasteiger partial charge in [0.25, 0.3) is 0 Å². The Labute approximate surface area is 147 Å². The van der Waals surface area contributed by atoms with E-state index in [9.17, 15) is 9.90 Å². The van der Waals surface area contributed by atoms with Crippen LogP contribution in [0.25, 0.3) is 0 Å². The van der Waals surface area contributed by atoms with E-state index in [1.807, 2.05) is 6.92 Å². The number of Topliss-reactive ketones (excluding diaryl/α,β-unsaturated/α-hetero) is 1. The molecule has 4 aliphatic rings. The molecule has 1 N–H and O–H groups in total. The molecule has 3 saturated carbocycles. The quantitative estimate of drug-likeness (QED) is 0.731. The molecule has 2 nitrogen and oxygen atoms in total. The van der Waals surface area contributed by atoms with E-state index < -0.39 is 0 Å². The maximum absolute atomic E-state index is 12.5. The molecule has 0 aromatic heterocycles. The number of allylic oxidation sites excluding steroid dienone is 1. The highest BCUT2D eigenvalue weighted by Crippen LogP contribution is 2.66. The van der Waals surface area contributed by atoms with Gasteiger partial charge in [0.05, 0.1) is 6.10 Å². The van der Waals surface area contributed by atoms with Gasteiger partial charge in [-0.15, -0.1) is 0 Å². The predicted octanol–water partition coefficient (Wildman–Crippen LogP) is 4.91. The first-order valence-corrected chi connectivity index (χ1v) is 10.3. The molecule has 4 rings (SSSR count). The second-order valence-corrected chi connectivity index (χ2v) is 9.65. The summed E-state index contributed by atoms with van der Waals surface area (Å²) in [6.07, 6.45) is 12.2. The molecular formula is C22H34O2. The lowest BCUT2D eigenvalue weighted by Crippen LogP contribution is -2.51. The summed E-state index contributed by atoms with van der Waals surface area (Å²) in [6, 6.07) is 0. The van der Waals surface area contributed by atoms with Gasteiger partial charge in [0.1, 0.15) is 5.78 Å². The summed E-state index contributed by atoms with van der Waals surface area (Å²) in [5.74, 6) is 3.11. The fourth-order valence-corrected chi connectivity index (χ4v) is 7.42. The van der Waals surface area contributed by atoms with Crippen LogP contribution in [0.3, 0.4) is 0 Å². The Balaban J connectivity index is 1.64. The smallest absolute Gasteiger partial charge is 0.136 e. The van der Waals surface area contributed by atoms with Gasteiger partial charge in [-0.25, -0.2) is 0 Å². The van der Waals surface area contributed by atoms with Crippen LogP contribution in [0.2, 0.25) is 0 Å². The van der Waals surface area contributed by atoms with Gasteiger partial charge in [-0.3, -0.25) is 4.79 Å². The maximum Gasteiger partial charge on any atom is 0.136 e. The second kappa shape index (κ2) is 5.69. The highest BCUT2D eigenvalue weighted by atomic mass is 16.3. The van der Waals surface area contributed by atoms with Gasteiger partial charge >= 0.3 is 0 Å². The fraction of sp³-hybridized carbons (Fsp3) is 0.864. The van der Waals surface area contributed by atoms with Crippen molar-refractivity contribution in [3.8, 4) is 0 Å². The Morgan fingerprint density at radius 2 is 1.96 bits per heavy atom. The summed E-state index contributed by atoms with van der Waals surface area (Å²) in [5.41, 5.74) is 2.12. The van der Waals surface area contributed by atoms with Crippen molar-refractivity contribution in [2.45, 2.75) is 84.7 Å². The van der Waals surface area contributed by atoms with Crippen molar-refractivity contribution < 1.29 is 9.90 Å². The lowest BCUT2D eigenvalue weighted by molar-refractivity contribution is -0.129. The maximum atomic E-state index is 12.5. The lowest BCUT2D eigenvalue weighted by Gasteiger charge is -2.58. The van der Waals surface area contributed by atoms with Gasteiger partial charge in [0, 0.05) is 12.3 Å². The first kappa shape index (κ1) is 16.8. The first-order chi connectivity index (χ1) is 11.4. The van der Waals surface area contributed by atoms with Crippen LogP contribution in [0, 0.1) is 34.5 Å². The number of fused-ring (bicyclic) bond motifs is 5. The topological polar surface area (TPSA) is 37.3 Å². The second-order valence-electron chi connectivity index (χ2n) is 9.65. The molecule has 4 aliphatic carbocycles. The van der Waals surface area contributed by atoms with Crippen LogP contribution in [0.4, 0.5) is 0 Å². The van der Waals surface area contributed by atoms with Crippen LogP contribution in [-0.2, 0) is 4.79 Å². The van der Waals surface area contributed by atoms with Crippen molar-refractivity contribution in [3.05, 3.63) is 11.6 Å². The standard InChI is InChI=1S/C22H34O2/c1-4-20(24)19-8-7-17-16-6-5-14-13-15(23)9-11-21(14,2)18(16)10-12-22(17,19)3/h5,15-19,23H,4,6-13H2,1-3H3/t15-,16-,17-,18-,19+,21-,22-/m0/s1. The van der Waals surface area contributed by atoms with Crippen molar-refractivity contribution >= 4 is 5.78 Å². The minimum absolute atomic E-state index is 0.118. The molecule has 134 valence electrons. The van der Waals surface area contributed by atoms with Crippen LogP contribution in [0.15, 0.2) is 11.6 Å². The van der Waals surface area contributed by atoms with E-state index in [-0.39, 0.29) is 11.5 Å². The fourth-order valence-electron chi connectivity index (χ4n) is 7.42. The summed E-state index contributed by atoms with van der Waals surface area (Å²) >= 11 is 0. The highest BCUT2D eigenvalue weighted by molar-refractivity contribution is 5.82. The molecule has 0 aliphatic heterocycles. The molecule has 0 radical (unpaired) electrons. The normalized spacial score (nSPS) is 50.5. The van der Waals surface area contributed by atoms with E-state index in [1.54, 1.807) is 5.57 Å². The van der Waals surface area contributed by atoms with Gasteiger partial charge in [0.15, 0.2) is 0 Å². The average molecular weight is 331 g/mol. The highest BCUT2D eigenvalue weighted by Gasteiger charge is 2.59. The number of aliphatic hydroxyl groups excluding tert-OH is 1. The Morgan fingerprint density at radius 3 is 2.71 bits per heavy atom. The molecule has 7 atom stereocenters. The summed E-state index contributed by atoms with van der Waals surface area (Å²) in [5, 5.41) is 10.1. The lowest BCUT2D eigenvalue weighted by atomic mass is 9.47.